The Balaban J connectivity index is 1.86. The van der Waals surface area contributed by atoms with Crippen molar-refractivity contribution in [2.24, 2.45) is 0 Å². The monoisotopic (exact) mass is 241 g/mol. The summed E-state index contributed by atoms with van der Waals surface area (Å²) in [4.78, 5) is 4.46. The average molecular weight is 241 g/mol. The summed E-state index contributed by atoms with van der Waals surface area (Å²) in [7, 11) is 0. The summed E-state index contributed by atoms with van der Waals surface area (Å²) in [5.74, 6) is 0.917. The van der Waals surface area contributed by atoms with Crippen molar-refractivity contribution in [2.75, 3.05) is 11.9 Å². The van der Waals surface area contributed by atoms with E-state index in [4.69, 9.17) is 4.74 Å². The van der Waals surface area contributed by atoms with E-state index in [0.717, 1.165) is 30.4 Å². The highest BCUT2D eigenvalue weighted by molar-refractivity contribution is 7.09. The smallest absolute Gasteiger partial charge is 0.202 e. The third-order valence-electron chi connectivity index (χ3n) is 2.56. The van der Waals surface area contributed by atoms with Crippen LogP contribution in [0.1, 0.15) is 38.9 Å². The van der Waals surface area contributed by atoms with Crippen molar-refractivity contribution in [3.63, 3.8) is 0 Å². The molecule has 16 heavy (non-hydrogen) atoms. The van der Waals surface area contributed by atoms with Gasteiger partial charge in [0, 0.05) is 30.6 Å². The first-order valence-corrected chi connectivity index (χ1v) is 6.72. The molecule has 0 amide bonds. The van der Waals surface area contributed by atoms with Crippen molar-refractivity contribution in [3.05, 3.63) is 5.82 Å². The molecule has 1 aromatic heterocycles. The second-order valence-electron chi connectivity index (χ2n) is 4.51. The third kappa shape index (κ3) is 3.42. The number of hydrogen-bond donors (Lipinski definition) is 1. The molecule has 2 rings (SSSR count). The zero-order valence-corrected chi connectivity index (χ0v) is 10.7. The van der Waals surface area contributed by atoms with Gasteiger partial charge in [-0.25, -0.2) is 4.98 Å². The molecule has 1 aromatic rings. The lowest BCUT2D eigenvalue weighted by Gasteiger charge is -2.21. The van der Waals surface area contributed by atoms with Gasteiger partial charge >= 0.3 is 0 Å². The highest BCUT2D eigenvalue weighted by atomic mass is 32.1. The number of nitrogens with one attached hydrogen (secondary N) is 1. The minimum Gasteiger partial charge on any atom is -0.378 e. The molecule has 1 fully saturated rings. The summed E-state index contributed by atoms with van der Waals surface area (Å²) < 4.78 is 10.0. The highest BCUT2D eigenvalue weighted by Crippen LogP contribution is 2.18. The van der Waals surface area contributed by atoms with Crippen LogP contribution in [0.4, 0.5) is 5.13 Å². The Morgan fingerprint density at radius 3 is 3.06 bits per heavy atom. The molecule has 1 saturated heterocycles. The van der Waals surface area contributed by atoms with E-state index in [0.29, 0.717) is 12.1 Å². The summed E-state index contributed by atoms with van der Waals surface area (Å²) in [5, 5.41) is 4.18. The van der Waals surface area contributed by atoms with E-state index in [9.17, 15) is 0 Å². The van der Waals surface area contributed by atoms with Gasteiger partial charge in [-0.2, -0.15) is 4.37 Å². The van der Waals surface area contributed by atoms with Gasteiger partial charge in [0.25, 0.3) is 0 Å². The Hall–Kier alpha value is -0.680. The molecule has 5 heteroatoms. The van der Waals surface area contributed by atoms with E-state index >= 15 is 0 Å². The number of aromatic nitrogens is 2. The molecule has 0 aliphatic carbocycles. The van der Waals surface area contributed by atoms with E-state index in [1.165, 1.54) is 24.4 Å². The van der Waals surface area contributed by atoms with Gasteiger partial charge in [-0.05, 0) is 33.1 Å². The van der Waals surface area contributed by atoms with Gasteiger partial charge in [-0.15, -0.1) is 0 Å². The predicted molar refractivity (Wildman–Crippen MR) is 66.0 cm³/mol. The van der Waals surface area contributed by atoms with Gasteiger partial charge in [0.15, 0.2) is 0 Å². The first kappa shape index (κ1) is 11.8. The topological polar surface area (TPSA) is 47.0 Å². The molecule has 0 radical (unpaired) electrons. The molecule has 2 heterocycles. The molecule has 0 bridgehead atoms. The Bertz CT molecular complexity index is 321. The fourth-order valence-electron chi connectivity index (χ4n) is 1.81. The molecule has 1 unspecified atom stereocenters. The van der Waals surface area contributed by atoms with Crippen LogP contribution in [0, 0.1) is 0 Å². The molecule has 1 atom stereocenters. The van der Waals surface area contributed by atoms with Gasteiger partial charge in [-0.1, -0.05) is 0 Å². The van der Waals surface area contributed by atoms with Gasteiger partial charge in [0.2, 0.25) is 5.13 Å². The van der Waals surface area contributed by atoms with Crippen molar-refractivity contribution >= 4 is 16.7 Å². The van der Waals surface area contributed by atoms with E-state index < -0.39 is 0 Å². The molecule has 1 aliphatic rings. The SMILES string of the molecule is CC(C)Nc1nc(CC2CCCCO2)ns1. The molecule has 1 N–H and O–H groups in total. The van der Waals surface area contributed by atoms with E-state index in [1.54, 1.807) is 0 Å². The molecule has 0 spiro atoms. The summed E-state index contributed by atoms with van der Waals surface area (Å²) in [6.45, 7) is 5.10. The van der Waals surface area contributed by atoms with E-state index in [2.05, 4.69) is 28.5 Å². The van der Waals surface area contributed by atoms with Crippen molar-refractivity contribution < 1.29 is 4.74 Å². The zero-order valence-electron chi connectivity index (χ0n) is 9.90. The molecule has 4 nitrogen and oxygen atoms in total. The van der Waals surface area contributed by atoms with Crippen molar-refractivity contribution in [2.45, 2.75) is 51.7 Å². The Kier molecular flexibility index (Phi) is 4.12. The maximum Gasteiger partial charge on any atom is 0.202 e. The minimum absolute atomic E-state index is 0.329. The quantitative estimate of drug-likeness (QED) is 0.879. The normalized spacial score (nSPS) is 21.3. The van der Waals surface area contributed by atoms with Crippen LogP contribution in [0.2, 0.25) is 0 Å². The lowest BCUT2D eigenvalue weighted by Crippen LogP contribution is -2.21. The molecule has 90 valence electrons. The van der Waals surface area contributed by atoms with Crippen LogP contribution in [0.15, 0.2) is 0 Å². The summed E-state index contributed by atoms with van der Waals surface area (Å²) in [6.07, 6.45) is 4.80. The highest BCUT2D eigenvalue weighted by Gasteiger charge is 2.16. The van der Waals surface area contributed by atoms with Gasteiger partial charge in [0.1, 0.15) is 5.82 Å². The van der Waals surface area contributed by atoms with Crippen LogP contribution in [0.3, 0.4) is 0 Å². The van der Waals surface area contributed by atoms with Crippen molar-refractivity contribution in [1.82, 2.24) is 9.36 Å². The van der Waals surface area contributed by atoms with E-state index in [1.807, 2.05) is 0 Å². The van der Waals surface area contributed by atoms with E-state index in [-0.39, 0.29) is 0 Å². The molecule has 1 aliphatic heterocycles. The summed E-state index contributed by atoms with van der Waals surface area (Å²) >= 11 is 1.44. The number of hydrogen-bond acceptors (Lipinski definition) is 5. The fraction of sp³-hybridized carbons (Fsp3) is 0.818. The number of ether oxygens (including phenoxy) is 1. The van der Waals surface area contributed by atoms with Crippen LogP contribution in [-0.4, -0.2) is 28.1 Å². The van der Waals surface area contributed by atoms with Crippen LogP contribution >= 0.6 is 11.5 Å². The van der Waals surface area contributed by atoms with Crippen LogP contribution in [0.5, 0.6) is 0 Å². The fourth-order valence-corrected chi connectivity index (χ4v) is 2.56. The third-order valence-corrected chi connectivity index (χ3v) is 3.25. The van der Waals surface area contributed by atoms with Crippen molar-refractivity contribution in [1.29, 1.82) is 0 Å². The average Bonchev–Trinajstić information content (AvgIpc) is 2.66. The Morgan fingerprint density at radius 2 is 2.38 bits per heavy atom. The van der Waals surface area contributed by atoms with Gasteiger partial charge < -0.3 is 10.1 Å². The van der Waals surface area contributed by atoms with Crippen LogP contribution < -0.4 is 5.32 Å². The number of rotatable bonds is 4. The maximum atomic E-state index is 5.68. The Morgan fingerprint density at radius 1 is 1.50 bits per heavy atom. The standard InChI is InChI=1S/C11H19N3OS/c1-8(2)12-11-13-10(14-16-11)7-9-5-3-4-6-15-9/h8-9H,3-7H2,1-2H3,(H,12,13,14). The lowest BCUT2D eigenvalue weighted by atomic mass is 10.1. The zero-order chi connectivity index (χ0) is 11.4. The predicted octanol–water partition coefficient (Wildman–Crippen LogP) is 2.47. The summed E-state index contributed by atoms with van der Waals surface area (Å²) in [5.41, 5.74) is 0. The Labute approximate surface area is 101 Å². The molecule has 0 aromatic carbocycles. The first-order chi connectivity index (χ1) is 7.74. The first-order valence-electron chi connectivity index (χ1n) is 5.95. The van der Waals surface area contributed by atoms with Crippen molar-refractivity contribution in [3.8, 4) is 0 Å². The number of nitrogens with zero attached hydrogens (tertiary/aromatic N) is 2. The largest absolute Gasteiger partial charge is 0.378 e. The molecular weight excluding hydrogens is 222 g/mol. The lowest BCUT2D eigenvalue weighted by molar-refractivity contribution is 0.0158. The number of anilines is 1. The minimum atomic E-state index is 0.329. The second kappa shape index (κ2) is 5.59. The van der Waals surface area contributed by atoms with Gasteiger partial charge in [0.05, 0.1) is 6.10 Å². The van der Waals surface area contributed by atoms with Crippen LogP contribution in [-0.2, 0) is 11.2 Å². The molecular formula is C11H19N3OS. The van der Waals surface area contributed by atoms with Crippen LogP contribution in [0.25, 0.3) is 0 Å². The molecule has 0 saturated carbocycles. The van der Waals surface area contributed by atoms with Gasteiger partial charge in [-0.3, -0.25) is 0 Å². The second-order valence-corrected chi connectivity index (χ2v) is 5.26. The summed E-state index contributed by atoms with van der Waals surface area (Å²) in [6, 6.07) is 0.409. The maximum absolute atomic E-state index is 5.68.